The fourth-order valence-corrected chi connectivity index (χ4v) is 0. The van der Waals surface area contributed by atoms with Crippen molar-refractivity contribution in [3.8, 4) is 0 Å². The van der Waals surface area contributed by atoms with E-state index in [1.165, 1.54) is 0 Å². The van der Waals surface area contributed by atoms with Gasteiger partial charge in [0, 0.05) is 20.4 Å². The second kappa shape index (κ2) is 15.9. The molecule has 5 nitrogen and oxygen atoms in total. The molecule has 0 unspecified atom stereocenters. The summed E-state index contributed by atoms with van der Waals surface area (Å²) in [5.41, 5.74) is 0. The summed E-state index contributed by atoms with van der Waals surface area (Å²) < 4.78 is -0.778. The monoisotopic (exact) mass is 222 g/mol. The maximum atomic E-state index is 8.68. The third kappa shape index (κ3) is 269. The Morgan fingerprint density at radius 1 is 1.43 bits per heavy atom. The summed E-state index contributed by atoms with van der Waals surface area (Å²) in [7, 11) is 0. The standard InChI is InChI=1S/ClHNO2.2H3N.Pd/c1-2(3)4;;;/h3H;2*1H3;/q-1;;;. The van der Waals surface area contributed by atoms with E-state index in [-0.39, 0.29) is 32.7 Å². The molecule has 0 rings (SSSR count). The van der Waals surface area contributed by atoms with Gasteiger partial charge in [0.05, 0.1) is 0 Å². The molecule has 0 saturated heterocycles. The van der Waals surface area contributed by atoms with Crippen molar-refractivity contribution in [1.82, 2.24) is 17.0 Å². The van der Waals surface area contributed by atoms with Crippen molar-refractivity contribution in [1.29, 1.82) is 0 Å². The quantitative estimate of drug-likeness (QED) is 0.316. The molecular weight excluding hydrogens is 216 g/mol. The summed E-state index contributed by atoms with van der Waals surface area (Å²) in [6, 6.07) is 0. The zero-order valence-corrected chi connectivity index (χ0v) is 5.72. The largest absolute Gasteiger partial charge is 0.748 e. The van der Waals surface area contributed by atoms with Gasteiger partial charge in [-0.05, 0) is 11.8 Å². The van der Waals surface area contributed by atoms with Crippen molar-refractivity contribution in [3.63, 3.8) is 0 Å². The Balaban J connectivity index is -0.0000000150. The molecule has 0 aromatic heterocycles. The molecule has 0 amide bonds. The minimum Gasteiger partial charge on any atom is -0.748 e. The van der Waals surface area contributed by atoms with Crippen molar-refractivity contribution in [2.24, 2.45) is 0 Å². The van der Waals surface area contributed by atoms with Crippen LogP contribution >= 0.6 is 11.8 Å². The summed E-state index contributed by atoms with van der Waals surface area (Å²) in [6.07, 6.45) is 0. The minimum atomic E-state index is -0.778. The summed E-state index contributed by atoms with van der Waals surface area (Å²) in [5.74, 6) is 0. The fourth-order valence-electron chi connectivity index (χ4n) is 0. The van der Waals surface area contributed by atoms with E-state index in [0.29, 0.717) is 0 Å². The van der Waals surface area contributed by atoms with Gasteiger partial charge in [-0.3, -0.25) is 0 Å². The first-order valence-corrected chi connectivity index (χ1v) is 0.890. The summed E-state index contributed by atoms with van der Waals surface area (Å²) >= 11 is 4.11. The third-order valence-corrected chi connectivity index (χ3v) is 0. The van der Waals surface area contributed by atoms with Gasteiger partial charge in [-0.1, -0.05) is 0 Å². The van der Waals surface area contributed by atoms with Crippen LogP contribution in [-0.4, -0.2) is 9.95 Å². The van der Waals surface area contributed by atoms with E-state index >= 15 is 0 Å². The molecule has 0 saturated carbocycles. The van der Waals surface area contributed by atoms with E-state index in [4.69, 9.17) is 10.4 Å². The first kappa shape index (κ1) is 25.1. The van der Waals surface area contributed by atoms with Gasteiger partial charge in [-0.2, -0.15) is 4.75 Å². The van der Waals surface area contributed by atoms with Gasteiger partial charge < -0.3 is 22.7 Å². The predicted molar refractivity (Wildman–Crippen MR) is 22.9 cm³/mol. The van der Waals surface area contributed by atoms with Crippen LogP contribution in [-0.2, 0) is 20.4 Å². The van der Waals surface area contributed by atoms with Crippen LogP contribution in [0.5, 0.6) is 0 Å². The average Bonchev–Trinajstić information content (AvgIpc) is 0.811. The Kier molecular flexibility index (Phi) is 56.9. The van der Waals surface area contributed by atoms with Crippen molar-refractivity contribution in [2.45, 2.75) is 0 Å². The summed E-state index contributed by atoms with van der Waals surface area (Å²) in [5, 5.41) is 15.8. The first-order valence-electron chi connectivity index (χ1n) is 0.552. The van der Waals surface area contributed by atoms with Gasteiger partial charge in [0.2, 0.25) is 0 Å². The molecule has 7 heteroatoms. The van der Waals surface area contributed by atoms with Crippen LogP contribution in [0.2, 0.25) is 0 Å². The van der Waals surface area contributed by atoms with Gasteiger partial charge in [0.1, 0.15) is 0 Å². The smallest absolute Gasteiger partial charge is 0 e. The van der Waals surface area contributed by atoms with Gasteiger partial charge in [0.15, 0.2) is 0 Å². The molecule has 0 aliphatic heterocycles. The molecule has 0 heterocycles. The summed E-state index contributed by atoms with van der Waals surface area (Å²) in [6.45, 7) is 0. The van der Waals surface area contributed by atoms with Crippen LogP contribution in [0, 0.1) is 5.21 Å². The van der Waals surface area contributed by atoms with E-state index in [9.17, 15) is 0 Å². The van der Waals surface area contributed by atoms with Gasteiger partial charge >= 0.3 is 0 Å². The van der Waals surface area contributed by atoms with Crippen LogP contribution in [0.4, 0.5) is 0 Å². The molecule has 0 aromatic rings. The maximum absolute atomic E-state index is 8.68. The second-order valence-corrected chi connectivity index (χ2v) is 0.515. The molecular formula is H7ClN3O2Pd-. The van der Waals surface area contributed by atoms with Gasteiger partial charge in [-0.15, -0.1) is 0 Å². The Morgan fingerprint density at radius 3 is 1.43 bits per heavy atom. The Bertz CT molecular complexity index is 17.7. The van der Waals surface area contributed by atoms with E-state index in [1.54, 1.807) is 0 Å². The van der Waals surface area contributed by atoms with Crippen LogP contribution in [0.25, 0.3) is 0 Å². The number of hydrogen-bond acceptors (Lipinski definition) is 5. The van der Waals surface area contributed by atoms with Crippen LogP contribution in [0.1, 0.15) is 0 Å². The molecule has 0 fully saturated rings. The third-order valence-electron chi connectivity index (χ3n) is 0. The second-order valence-electron chi connectivity index (χ2n) is 0.226. The normalized spacial score (nSPS) is 5.14. The zero-order valence-electron chi connectivity index (χ0n) is 3.41. The van der Waals surface area contributed by atoms with E-state index < -0.39 is 4.75 Å². The molecule has 7 heavy (non-hydrogen) atoms. The molecule has 52 valence electrons. The number of hydrogen-bond donors (Lipinski definition) is 3. The Labute approximate surface area is 60.1 Å². The number of halogens is 1. The van der Waals surface area contributed by atoms with E-state index in [0.717, 1.165) is 0 Å². The molecule has 0 atom stereocenters. The molecule has 0 aliphatic carbocycles. The molecule has 7 N–H and O–H groups in total. The van der Waals surface area contributed by atoms with E-state index in [1.807, 2.05) is 0 Å². The van der Waals surface area contributed by atoms with E-state index in [2.05, 4.69) is 11.8 Å². The maximum Gasteiger partial charge on any atom is 0 e. The van der Waals surface area contributed by atoms with Crippen molar-refractivity contribution in [3.05, 3.63) is 5.21 Å². The molecule has 0 aliphatic rings. The molecule has 0 aromatic carbocycles. The SMILES string of the molecule is N.N.[O-]N(O)Cl.[Pd]. The predicted octanol–water partition coefficient (Wildman–Crippen LogP) is 0.651. The average molecular weight is 223 g/mol. The summed E-state index contributed by atoms with van der Waals surface area (Å²) in [4.78, 5) is 0. The first-order chi connectivity index (χ1) is 1.73. The van der Waals surface area contributed by atoms with Crippen LogP contribution in [0.3, 0.4) is 0 Å². The molecule has 0 radical (unpaired) electrons. The van der Waals surface area contributed by atoms with Gasteiger partial charge in [0.25, 0.3) is 0 Å². The van der Waals surface area contributed by atoms with Crippen LogP contribution < -0.4 is 12.3 Å². The van der Waals surface area contributed by atoms with Crippen molar-refractivity contribution >= 4 is 11.8 Å². The Morgan fingerprint density at radius 2 is 1.43 bits per heavy atom. The minimum absolute atomic E-state index is 0. The van der Waals surface area contributed by atoms with Crippen molar-refractivity contribution in [2.75, 3.05) is 0 Å². The number of nitrogens with zero attached hydrogens (tertiary/aromatic N) is 1. The molecule has 0 bridgehead atoms. The van der Waals surface area contributed by atoms with Crippen LogP contribution in [0.15, 0.2) is 0 Å². The Hall–Kier alpha value is 0.752. The zero-order chi connectivity index (χ0) is 3.58. The number of rotatable bonds is 0. The van der Waals surface area contributed by atoms with Crippen molar-refractivity contribution < 1.29 is 25.6 Å². The topological polar surface area (TPSA) is 117 Å². The fraction of sp³-hybridized carbons (Fsp3) is 0. The van der Waals surface area contributed by atoms with Gasteiger partial charge in [-0.25, -0.2) is 0 Å². The molecule has 0 spiro atoms.